The summed E-state index contributed by atoms with van der Waals surface area (Å²) in [5.74, 6) is 0.596. The van der Waals surface area contributed by atoms with Gasteiger partial charge in [0, 0.05) is 36.2 Å². The number of amides is 1. The van der Waals surface area contributed by atoms with E-state index >= 15 is 0 Å². The molecule has 0 atom stereocenters. The number of benzene rings is 1. The Bertz CT molecular complexity index is 891. The van der Waals surface area contributed by atoms with Crippen molar-refractivity contribution in [3.8, 4) is 17.1 Å². The second-order valence-electron chi connectivity index (χ2n) is 5.46. The molecule has 132 valence electrons. The number of carbonyl (C=O) groups excluding carboxylic acids is 1. The lowest BCUT2D eigenvalue weighted by Gasteiger charge is -2.03. The average Bonchev–Trinajstić information content (AvgIpc) is 3.16. The van der Waals surface area contributed by atoms with Crippen molar-refractivity contribution in [2.75, 3.05) is 13.7 Å². The summed E-state index contributed by atoms with van der Waals surface area (Å²) < 4.78 is 5.26. The number of ether oxygens (including phenoxy) is 1. The first-order chi connectivity index (χ1) is 12.8. The normalized spacial score (nSPS) is 10.8. The van der Waals surface area contributed by atoms with Gasteiger partial charge in [0.1, 0.15) is 5.75 Å². The zero-order valence-electron chi connectivity index (χ0n) is 14.4. The number of rotatable bonds is 7. The Morgan fingerprint density at radius 3 is 2.85 bits per heavy atom. The fourth-order valence-corrected chi connectivity index (χ4v) is 3.17. The van der Waals surface area contributed by atoms with Gasteiger partial charge >= 0.3 is 0 Å². The van der Waals surface area contributed by atoms with Crippen LogP contribution in [-0.4, -0.2) is 29.5 Å². The molecule has 26 heavy (non-hydrogen) atoms. The van der Waals surface area contributed by atoms with E-state index in [9.17, 15) is 4.79 Å². The Balaban J connectivity index is 1.50. The van der Waals surface area contributed by atoms with Crippen molar-refractivity contribution in [2.24, 2.45) is 0 Å². The van der Waals surface area contributed by atoms with Gasteiger partial charge < -0.3 is 10.1 Å². The van der Waals surface area contributed by atoms with Crippen LogP contribution in [0.3, 0.4) is 0 Å². The molecule has 1 amide bonds. The molecule has 0 aliphatic heterocycles. The first kappa shape index (κ1) is 17.8. The number of nitrogens with one attached hydrogen (secondary N) is 1. The number of aromatic nitrogens is 2. The summed E-state index contributed by atoms with van der Waals surface area (Å²) in [6.45, 7) is 0.532. The highest BCUT2D eigenvalue weighted by molar-refractivity contribution is 7.09. The van der Waals surface area contributed by atoms with Crippen LogP contribution in [0.1, 0.15) is 10.6 Å². The predicted octanol–water partition coefficient (Wildman–Crippen LogP) is 3.59. The van der Waals surface area contributed by atoms with Crippen LogP contribution in [0.2, 0.25) is 0 Å². The number of hydrogen-bond acceptors (Lipinski definition) is 5. The maximum Gasteiger partial charge on any atom is 0.244 e. The van der Waals surface area contributed by atoms with E-state index in [0.29, 0.717) is 13.0 Å². The zero-order chi connectivity index (χ0) is 18.2. The smallest absolute Gasteiger partial charge is 0.244 e. The van der Waals surface area contributed by atoms with E-state index in [4.69, 9.17) is 4.74 Å². The van der Waals surface area contributed by atoms with E-state index in [-0.39, 0.29) is 5.91 Å². The van der Waals surface area contributed by atoms with Crippen molar-refractivity contribution < 1.29 is 9.53 Å². The molecule has 0 aliphatic rings. The lowest BCUT2D eigenvalue weighted by atomic mass is 10.2. The van der Waals surface area contributed by atoms with Gasteiger partial charge in [0.25, 0.3) is 0 Å². The molecular weight excluding hydrogens is 346 g/mol. The van der Waals surface area contributed by atoms with Gasteiger partial charge in [-0.15, -0.1) is 11.3 Å². The Hall–Kier alpha value is -2.99. The molecule has 5 nitrogen and oxygen atoms in total. The van der Waals surface area contributed by atoms with Gasteiger partial charge in [-0.2, -0.15) is 0 Å². The topological polar surface area (TPSA) is 64.1 Å². The highest BCUT2D eigenvalue weighted by Gasteiger charge is 2.06. The van der Waals surface area contributed by atoms with Crippen LogP contribution in [0, 0.1) is 0 Å². The number of pyridine rings is 1. The van der Waals surface area contributed by atoms with Crippen molar-refractivity contribution in [1.29, 1.82) is 0 Å². The summed E-state index contributed by atoms with van der Waals surface area (Å²) in [5.41, 5.74) is 2.59. The van der Waals surface area contributed by atoms with E-state index in [1.807, 2.05) is 47.8 Å². The number of nitrogens with zero attached hydrogens (tertiary/aromatic N) is 2. The standard InChI is InChI=1S/C20H19N3O2S/c1-25-18-8-3-2-6-15(18)9-10-19(24)22-13-11-20-23-17(14-26-20)16-7-4-5-12-21-16/h2-10,12,14H,11,13H2,1H3,(H,22,24). The molecule has 3 rings (SSSR count). The third kappa shape index (κ3) is 4.77. The quantitative estimate of drug-likeness (QED) is 0.650. The van der Waals surface area contributed by atoms with Crippen molar-refractivity contribution >= 4 is 23.3 Å². The molecule has 0 aliphatic carbocycles. The van der Waals surface area contributed by atoms with E-state index < -0.39 is 0 Å². The molecule has 3 aromatic rings. The minimum atomic E-state index is -0.141. The second-order valence-corrected chi connectivity index (χ2v) is 6.40. The second kappa shape index (κ2) is 8.92. The van der Waals surface area contributed by atoms with E-state index in [1.165, 1.54) is 6.08 Å². The molecule has 2 aromatic heterocycles. The van der Waals surface area contributed by atoms with Crippen LogP contribution < -0.4 is 10.1 Å². The average molecular weight is 365 g/mol. The molecule has 2 heterocycles. The molecule has 0 spiro atoms. The Morgan fingerprint density at radius 2 is 2.04 bits per heavy atom. The molecule has 1 aromatic carbocycles. The fourth-order valence-electron chi connectivity index (χ4n) is 2.38. The molecule has 0 saturated carbocycles. The van der Waals surface area contributed by atoms with Gasteiger partial charge in [-0.3, -0.25) is 9.78 Å². The van der Waals surface area contributed by atoms with Crippen LogP contribution in [-0.2, 0) is 11.2 Å². The summed E-state index contributed by atoms with van der Waals surface area (Å²) in [5, 5.41) is 5.83. The number of carbonyl (C=O) groups is 1. The lowest BCUT2D eigenvalue weighted by Crippen LogP contribution is -2.23. The molecule has 6 heteroatoms. The minimum absolute atomic E-state index is 0.141. The van der Waals surface area contributed by atoms with E-state index in [2.05, 4.69) is 15.3 Å². The van der Waals surface area contributed by atoms with Crippen molar-refractivity contribution in [3.63, 3.8) is 0 Å². The monoisotopic (exact) mass is 365 g/mol. The number of para-hydroxylation sites is 1. The SMILES string of the molecule is COc1ccccc1C=CC(=O)NCCc1nc(-c2ccccn2)cs1. The van der Waals surface area contributed by atoms with Gasteiger partial charge in [0.05, 0.1) is 23.5 Å². The van der Waals surface area contributed by atoms with E-state index in [0.717, 1.165) is 27.7 Å². The highest BCUT2D eigenvalue weighted by atomic mass is 32.1. The Morgan fingerprint density at radius 1 is 1.19 bits per heavy atom. The zero-order valence-corrected chi connectivity index (χ0v) is 15.2. The molecule has 1 N–H and O–H groups in total. The van der Waals surface area contributed by atoms with Gasteiger partial charge in [0.2, 0.25) is 5.91 Å². The van der Waals surface area contributed by atoms with Gasteiger partial charge in [0.15, 0.2) is 0 Å². The van der Waals surface area contributed by atoms with Crippen molar-refractivity contribution in [3.05, 3.63) is 70.7 Å². The summed E-state index contributed by atoms with van der Waals surface area (Å²) in [7, 11) is 1.61. The van der Waals surface area contributed by atoms with Crippen molar-refractivity contribution in [1.82, 2.24) is 15.3 Å². The summed E-state index contributed by atoms with van der Waals surface area (Å²) >= 11 is 1.57. The molecular formula is C20H19N3O2S. The maximum atomic E-state index is 12.0. The van der Waals surface area contributed by atoms with Crippen LogP contribution in [0.15, 0.2) is 60.1 Å². The minimum Gasteiger partial charge on any atom is -0.496 e. The maximum absolute atomic E-state index is 12.0. The molecule has 0 fully saturated rings. The van der Waals surface area contributed by atoms with E-state index in [1.54, 1.807) is 30.7 Å². The third-order valence-corrected chi connectivity index (χ3v) is 4.58. The first-order valence-electron chi connectivity index (χ1n) is 8.21. The van der Waals surface area contributed by atoms with Crippen LogP contribution in [0.4, 0.5) is 0 Å². The molecule has 0 saturated heterocycles. The summed E-state index contributed by atoms with van der Waals surface area (Å²) in [6.07, 6.45) is 5.70. The Labute approximate surface area is 156 Å². The summed E-state index contributed by atoms with van der Waals surface area (Å²) in [6, 6.07) is 13.3. The van der Waals surface area contributed by atoms with Crippen LogP contribution in [0.25, 0.3) is 17.5 Å². The number of hydrogen-bond donors (Lipinski definition) is 1. The first-order valence-corrected chi connectivity index (χ1v) is 9.09. The molecule has 0 unspecified atom stereocenters. The van der Waals surface area contributed by atoms with Crippen molar-refractivity contribution in [2.45, 2.75) is 6.42 Å². The number of thiazole rings is 1. The number of methoxy groups -OCH3 is 1. The van der Waals surface area contributed by atoms with Gasteiger partial charge in [-0.05, 0) is 24.3 Å². The fraction of sp³-hybridized carbons (Fsp3) is 0.150. The van der Waals surface area contributed by atoms with Gasteiger partial charge in [-0.25, -0.2) is 4.98 Å². The third-order valence-electron chi connectivity index (χ3n) is 3.67. The molecule has 0 radical (unpaired) electrons. The van der Waals surface area contributed by atoms with Crippen LogP contribution in [0.5, 0.6) is 5.75 Å². The highest BCUT2D eigenvalue weighted by Crippen LogP contribution is 2.20. The van der Waals surface area contributed by atoms with Gasteiger partial charge in [-0.1, -0.05) is 24.3 Å². The van der Waals surface area contributed by atoms with Crippen LogP contribution >= 0.6 is 11.3 Å². The summed E-state index contributed by atoms with van der Waals surface area (Å²) in [4.78, 5) is 20.8. The molecule has 0 bridgehead atoms. The largest absolute Gasteiger partial charge is 0.496 e. The predicted molar refractivity (Wildman–Crippen MR) is 104 cm³/mol. The Kier molecular flexibility index (Phi) is 6.11. The lowest BCUT2D eigenvalue weighted by molar-refractivity contribution is -0.116.